The average molecular weight is 339 g/mol. The number of carbonyl (C=O) groups is 1. The monoisotopic (exact) mass is 339 g/mol. The van der Waals surface area contributed by atoms with E-state index in [0.29, 0.717) is 31.6 Å². The minimum Gasteiger partial charge on any atom is -0.383 e. The third-order valence-corrected chi connectivity index (χ3v) is 4.74. The lowest BCUT2D eigenvalue weighted by Crippen LogP contribution is -2.47. The molecule has 0 unspecified atom stereocenters. The fraction of sp³-hybridized carbons (Fsp3) is 0.400. The quantitative estimate of drug-likeness (QED) is 0.880. The van der Waals surface area contributed by atoms with Gasteiger partial charge in [0.05, 0.1) is 5.69 Å². The number of aliphatic hydroxyl groups is 1. The molecule has 0 bridgehead atoms. The van der Waals surface area contributed by atoms with Crippen molar-refractivity contribution in [2.75, 3.05) is 18.4 Å². The number of aromatic nitrogens is 1. The highest BCUT2D eigenvalue weighted by molar-refractivity contribution is 5.89. The molecule has 5 nitrogen and oxygen atoms in total. The molecule has 2 N–H and O–H groups in total. The number of anilines is 1. The molecule has 5 heteroatoms. The van der Waals surface area contributed by atoms with E-state index in [9.17, 15) is 9.90 Å². The fourth-order valence-electron chi connectivity index (χ4n) is 3.33. The van der Waals surface area contributed by atoms with Gasteiger partial charge in [-0.25, -0.2) is 4.79 Å². The van der Waals surface area contributed by atoms with Crippen LogP contribution in [-0.2, 0) is 5.60 Å². The van der Waals surface area contributed by atoms with Gasteiger partial charge in [-0.1, -0.05) is 12.1 Å². The summed E-state index contributed by atoms with van der Waals surface area (Å²) in [4.78, 5) is 18.6. The van der Waals surface area contributed by atoms with Gasteiger partial charge in [-0.05, 0) is 68.5 Å². The number of nitrogens with zero attached hydrogens (tertiary/aromatic N) is 2. The lowest BCUT2D eigenvalue weighted by molar-refractivity contribution is -0.0193. The highest BCUT2D eigenvalue weighted by Crippen LogP contribution is 2.31. The largest absolute Gasteiger partial charge is 0.383 e. The highest BCUT2D eigenvalue weighted by atomic mass is 16.3. The number of benzene rings is 1. The predicted octanol–water partition coefficient (Wildman–Crippen LogP) is 3.52. The van der Waals surface area contributed by atoms with Crippen LogP contribution in [0.15, 0.2) is 36.5 Å². The van der Waals surface area contributed by atoms with Gasteiger partial charge in [-0.3, -0.25) is 4.98 Å². The van der Waals surface area contributed by atoms with Crippen molar-refractivity contribution in [3.05, 3.63) is 58.9 Å². The van der Waals surface area contributed by atoms with Gasteiger partial charge in [0.25, 0.3) is 0 Å². The van der Waals surface area contributed by atoms with Crippen LogP contribution < -0.4 is 5.32 Å². The van der Waals surface area contributed by atoms with Gasteiger partial charge in [-0.15, -0.1) is 0 Å². The number of hydrogen-bond acceptors (Lipinski definition) is 3. The van der Waals surface area contributed by atoms with Crippen LogP contribution in [-0.4, -0.2) is 34.1 Å². The van der Waals surface area contributed by atoms with Gasteiger partial charge >= 0.3 is 6.03 Å². The number of rotatable bonds is 2. The SMILES string of the molecule is Cc1ccc(C2(O)CCN(C(=O)Nc3cc(C)cc(C)c3)CC2)nc1. The normalized spacial score (nSPS) is 16.6. The lowest BCUT2D eigenvalue weighted by Gasteiger charge is -2.37. The topological polar surface area (TPSA) is 65.5 Å². The lowest BCUT2D eigenvalue weighted by atomic mass is 9.87. The molecule has 3 rings (SSSR count). The standard InChI is InChI=1S/C20H25N3O2/c1-14-4-5-18(21-13-14)20(25)6-8-23(9-7-20)19(24)22-17-11-15(2)10-16(3)12-17/h4-5,10-13,25H,6-9H2,1-3H3,(H,22,24). The third kappa shape index (κ3) is 3.99. The fourth-order valence-corrected chi connectivity index (χ4v) is 3.33. The number of urea groups is 1. The zero-order chi connectivity index (χ0) is 18.0. The maximum Gasteiger partial charge on any atom is 0.321 e. The molecule has 1 aromatic carbocycles. The molecule has 0 radical (unpaired) electrons. The number of piperidine rings is 1. The van der Waals surface area contributed by atoms with E-state index in [0.717, 1.165) is 22.4 Å². The van der Waals surface area contributed by atoms with Crippen molar-refractivity contribution in [3.63, 3.8) is 0 Å². The van der Waals surface area contributed by atoms with Crippen LogP contribution in [0.1, 0.15) is 35.2 Å². The Morgan fingerprint density at radius 2 is 1.72 bits per heavy atom. The van der Waals surface area contributed by atoms with Gasteiger partial charge in [0.15, 0.2) is 0 Å². The summed E-state index contributed by atoms with van der Waals surface area (Å²) in [5.74, 6) is 0. The third-order valence-electron chi connectivity index (χ3n) is 4.74. The van der Waals surface area contributed by atoms with Gasteiger partial charge < -0.3 is 15.3 Å². The smallest absolute Gasteiger partial charge is 0.321 e. The molecule has 1 aromatic heterocycles. The van der Waals surface area contributed by atoms with Crippen LogP contribution >= 0.6 is 0 Å². The van der Waals surface area contributed by atoms with Crippen LogP contribution in [0.3, 0.4) is 0 Å². The molecule has 2 heterocycles. The van der Waals surface area contributed by atoms with E-state index in [1.807, 2.05) is 45.0 Å². The van der Waals surface area contributed by atoms with Crippen LogP contribution in [0, 0.1) is 20.8 Å². The molecule has 25 heavy (non-hydrogen) atoms. The number of aryl methyl sites for hydroxylation is 3. The summed E-state index contributed by atoms with van der Waals surface area (Å²) in [6.45, 7) is 7.00. The first-order valence-electron chi connectivity index (χ1n) is 8.65. The molecule has 132 valence electrons. The molecule has 1 saturated heterocycles. The zero-order valence-electron chi connectivity index (χ0n) is 15.0. The number of nitrogens with one attached hydrogen (secondary N) is 1. The van der Waals surface area contributed by atoms with Crippen molar-refractivity contribution in [3.8, 4) is 0 Å². The molecular weight excluding hydrogens is 314 g/mol. The second-order valence-electron chi connectivity index (χ2n) is 7.05. The molecule has 0 aliphatic carbocycles. The highest BCUT2D eigenvalue weighted by Gasteiger charge is 2.36. The van der Waals surface area contributed by atoms with Crippen LogP contribution in [0.25, 0.3) is 0 Å². The Hall–Kier alpha value is -2.40. The Kier molecular flexibility index (Phi) is 4.77. The average Bonchev–Trinajstić information content (AvgIpc) is 2.55. The molecule has 1 fully saturated rings. The Morgan fingerprint density at radius 3 is 2.28 bits per heavy atom. The Bertz CT molecular complexity index is 743. The molecule has 2 amide bonds. The van der Waals surface area contributed by atoms with Crippen molar-refractivity contribution in [1.82, 2.24) is 9.88 Å². The van der Waals surface area contributed by atoms with Crippen LogP contribution in [0.2, 0.25) is 0 Å². The van der Waals surface area contributed by atoms with Crippen molar-refractivity contribution in [2.45, 2.75) is 39.2 Å². The summed E-state index contributed by atoms with van der Waals surface area (Å²) < 4.78 is 0. The summed E-state index contributed by atoms with van der Waals surface area (Å²) in [5.41, 5.74) is 3.85. The minimum atomic E-state index is -0.954. The maximum absolute atomic E-state index is 12.5. The Morgan fingerprint density at radius 1 is 1.08 bits per heavy atom. The first kappa shape index (κ1) is 17.4. The first-order valence-corrected chi connectivity index (χ1v) is 8.65. The van der Waals surface area contributed by atoms with Gasteiger partial charge in [0, 0.05) is 25.0 Å². The number of carbonyl (C=O) groups excluding carboxylic acids is 1. The summed E-state index contributed by atoms with van der Waals surface area (Å²) in [5, 5.41) is 13.8. The van der Waals surface area contributed by atoms with Crippen LogP contribution in [0.5, 0.6) is 0 Å². The minimum absolute atomic E-state index is 0.121. The second-order valence-corrected chi connectivity index (χ2v) is 7.05. The molecule has 0 spiro atoms. The number of likely N-dealkylation sites (tertiary alicyclic amines) is 1. The van der Waals surface area contributed by atoms with E-state index in [1.165, 1.54) is 0 Å². The molecule has 1 aliphatic heterocycles. The summed E-state index contributed by atoms with van der Waals surface area (Å²) in [6.07, 6.45) is 2.75. The molecule has 2 aromatic rings. The number of hydrogen-bond donors (Lipinski definition) is 2. The van der Waals surface area contributed by atoms with Gasteiger partial charge in [-0.2, -0.15) is 0 Å². The summed E-state index contributed by atoms with van der Waals surface area (Å²) in [6, 6.07) is 9.71. The van der Waals surface area contributed by atoms with E-state index >= 15 is 0 Å². The van der Waals surface area contributed by atoms with Crippen molar-refractivity contribution in [2.24, 2.45) is 0 Å². The summed E-state index contributed by atoms with van der Waals surface area (Å²) in [7, 11) is 0. The van der Waals surface area contributed by atoms with Crippen LogP contribution in [0.4, 0.5) is 10.5 Å². The van der Waals surface area contributed by atoms with E-state index in [4.69, 9.17) is 0 Å². The van der Waals surface area contributed by atoms with E-state index in [-0.39, 0.29) is 6.03 Å². The molecule has 0 atom stereocenters. The predicted molar refractivity (Wildman–Crippen MR) is 98.6 cm³/mol. The van der Waals surface area contributed by atoms with Crippen molar-refractivity contribution in [1.29, 1.82) is 0 Å². The summed E-state index contributed by atoms with van der Waals surface area (Å²) >= 11 is 0. The van der Waals surface area contributed by atoms with E-state index < -0.39 is 5.60 Å². The Labute approximate surface area is 148 Å². The van der Waals surface area contributed by atoms with Gasteiger partial charge in [0.1, 0.15) is 5.60 Å². The van der Waals surface area contributed by atoms with Gasteiger partial charge in [0.2, 0.25) is 0 Å². The maximum atomic E-state index is 12.5. The number of amides is 2. The van der Waals surface area contributed by atoms with E-state index in [2.05, 4.69) is 16.4 Å². The number of pyridine rings is 1. The van der Waals surface area contributed by atoms with E-state index in [1.54, 1.807) is 11.1 Å². The van der Waals surface area contributed by atoms with Crippen molar-refractivity contribution >= 4 is 11.7 Å². The zero-order valence-corrected chi connectivity index (χ0v) is 15.0. The Balaban J connectivity index is 1.63. The molecular formula is C20H25N3O2. The second kappa shape index (κ2) is 6.84. The van der Waals surface area contributed by atoms with Crippen molar-refractivity contribution < 1.29 is 9.90 Å². The first-order chi connectivity index (χ1) is 11.9. The molecule has 0 saturated carbocycles. The molecule has 1 aliphatic rings.